The van der Waals surface area contributed by atoms with E-state index in [0.717, 1.165) is 70.6 Å². The molecule has 2 aliphatic heterocycles. The maximum atomic E-state index is 13.2. The summed E-state index contributed by atoms with van der Waals surface area (Å²) in [6, 6.07) is -0.944. The fourth-order valence-electron chi connectivity index (χ4n) is 9.47. The molecule has 12 unspecified atom stereocenters. The predicted molar refractivity (Wildman–Crippen MR) is 309 cm³/mol. The van der Waals surface area contributed by atoms with Crippen LogP contribution in [0, 0.1) is 0 Å². The molecule has 0 aromatic carbocycles. The Balaban J connectivity index is 1.80. The standard InChI is InChI=1S/C63H109NO13/c1-3-5-7-9-11-13-15-17-19-21-23-25-27-28-30-32-34-36-38-40-42-44-46-52(67)51(50-74-62-60(73)58(71)61(54(49-66)76-62)77-63-59(72)57(70)56(69)53(48-65)75-63)64-55(68)47-45-43-41-39-37-35-33-31-29-26-24-22-20-18-16-14-12-10-8-6-4-2/h6,8,12,14,18,20,24,26,31,33,37,39,44,46,51-54,56-63,65-67,69-73H,3-5,7,9-11,13,15-17,19,21-23,25,27-30,32,34-36,38,40-43,45,47-50H2,1-2H3,(H,64,68)/b8-6-,14-12-,20-18-,26-24-,33-31-,39-37-,46-44+. The second-order valence-electron chi connectivity index (χ2n) is 21.1. The highest BCUT2D eigenvalue weighted by molar-refractivity contribution is 5.76. The molecule has 14 heteroatoms. The predicted octanol–water partition coefficient (Wildman–Crippen LogP) is 10.5. The number of carbonyl (C=O) groups is 1. The van der Waals surface area contributed by atoms with Crippen LogP contribution >= 0.6 is 0 Å². The van der Waals surface area contributed by atoms with Crippen molar-refractivity contribution >= 4 is 5.91 Å². The molecular weight excluding hydrogens is 979 g/mol. The Hall–Kier alpha value is -2.83. The van der Waals surface area contributed by atoms with E-state index in [1.807, 2.05) is 6.08 Å². The van der Waals surface area contributed by atoms with Crippen LogP contribution in [0.2, 0.25) is 0 Å². The van der Waals surface area contributed by atoms with Gasteiger partial charge in [-0.2, -0.15) is 0 Å². The van der Waals surface area contributed by atoms with Crippen LogP contribution in [-0.4, -0.2) is 140 Å². The smallest absolute Gasteiger partial charge is 0.220 e. The van der Waals surface area contributed by atoms with E-state index >= 15 is 0 Å². The lowest BCUT2D eigenvalue weighted by atomic mass is 9.97. The largest absolute Gasteiger partial charge is 0.394 e. The van der Waals surface area contributed by atoms with Gasteiger partial charge >= 0.3 is 0 Å². The Morgan fingerprint density at radius 3 is 1.38 bits per heavy atom. The summed E-state index contributed by atoms with van der Waals surface area (Å²) in [6.45, 7) is 2.66. The van der Waals surface area contributed by atoms with Crippen molar-refractivity contribution in [3.63, 3.8) is 0 Å². The van der Waals surface area contributed by atoms with Gasteiger partial charge in [-0.25, -0.2) is 0 Å². The van der Waals surface area contributed by atoms with Gasteiger partial charge in [0.2, 0.25) is 5.91 Å². The van der Waals surface area contributed by atoms with Gasteiger partial charge in [0.15, 0.2) is 12.6 Å². The van der Waals surface area contributed by atoms with Crippen molar-refractivity contribution in [2.45, 2.75) is 286 Å². The summed E-state index contributed by atoms with van der Waals surface area (Å²) in [4.78, 5) is 13.2. The second kappa shape index (κ2) is 47.9. The maximum Gasteiger partial charge on any atom is 0.220 e. The van der Waals surface area contributed by atoms with Crippen LogP contribution in [0.15, 0.2) is 85.1 Å². The number of hydrogen-bond donors (Lipinski definition) is 9. The highest BCUT2D eigenvalue weighted by atomic mass is 16.7. The van der Waals surface area contributed by atoms with Crippen molar-refractivity contribution in [2.75, 3.05) is 19.8 Å². The van der Waals surface area contributed by atoms with Crippen molar-refractivity contribution in [3.8, 4) is 0 Å². The van der Waals surface area contributed by atoms with Gasteiger partial charge in [-0.05, 0) is 70.6 Å². The lowest BCUT2D eigenvalue weighted by Gasteiger charge is -2.46. The lowest BCUT2D eigenvalue weighted by Crippen LogP contribution is -2.65. The molecule has 0 saturated carbocycles. The number of aliphatic hydroxyl groups excluding tert-OH is 8. The van der Waals surface area contributed by atoms with E-state index in [9.17, 15) is 45.6 Å². The molecular formula is C63H109NO13. The van der Waals surface area contributed by atoms with Crippen molar-refractivity contribution in [2.24, 2.45) is 0 Å². The van der Waals surface area contributed by atoms with E-state index < -0.39 is 86.8 Å². The van der Waals surface area contributed by atoms with Gasteiger partial charge in [0.1, 0.15) is 48.8 Å². The fourth-order valence-corrected chi connectivity index (χ4v) is 9.47. The molecule has 0 radical (unpaired) electrons. The first-order chi connectivity index (χ1) is 37.6. The zero-order chi connectivity index (χ0) is 56.0. The van der Waals surface area contributed by atoms with Gasteiger partial charge in [0, 0.05) is 6.42 Å². The molecule has 0 aromatic rings. The van der Waals surface area contributed by atoms with Gasteiger partial charge in [-0.1, -0.05) is 221 Å². The topological polar surface area (TPSA) is 228 Å². The quantitative estimate of drug-likeness (QED) is 0.0204. The molecule has 12 atom stereocenters. The third-order valence-corrected chi connectivity index (χ3v) is 14.3. The van der Waals surface area contributed by atoms with Crippen molar-refractivity contribution in [3.05, 3.63) is 85.1 Å². The van der Waals surface area contributed by atoms with Gasteiger partial charge < -0.3 is 65.1 Å². The highest BCUT2D eigenvalue weighted by Crippen LogP contribution is 2.30. The Kier molecular flexibility index (Phi) is 43.7. The zero-order valence-electron chi connectivity index (χ0n) is 47.7. The van der Waals surface area contributed by atoms with E-state index in [1.54, 1.807) is 6.08 Å². The molecule has 14 nitrogen and oxygen atoms in total. The summed E-state index contributed by atoms with van der Waals surface area (Å²) in [6.07, 6.45) is 47.6. The van der Waals surface area contributed by atoms with Crippen LogP contribution in [0.3, 0.4) is 0 Å². The van der Waals surface area contributed by atoms with Gasteiger partial charge in [-0.3, -0.25) is 4.79 Å². The number of amides is 1. The van der Waals surface area contributed by atoms with Crippen LogP contribution in [0.5, 0.6) is 0 Å². The molecule has 444 valence electrons. The number of ether oxygens (including phenoxy) is 4. The molecule has 0 spiro atoms. The van der Waals surface area contributed by atoms with Gasteiger partial charge in [-0.15, -0.1) is 0 Å². The third kappa shape index (κ3) is 33.5. The number of carbonyl (C=O) groups excluding carboxylic acids is 1. The minimum atomic E-state index is -1.80. The van der Waals surface area contributed by atoms with Crippen LogP contribution < -0.4 is 5.32 Å². The summed E-state index contributed by atoms with van der Waals surface area (Å²) in [5.74, 6) is -0.283. The van der Waals surface area contributed by atoms with Crippen LogP contribution in [0.25, 0.3) is 0 Å². The van der Waals surface area contributed by atoms with E-state index in [2.05, 4.69) is 92.1 Å². The first kappa shape index (κ1) is 70.3. The van der Waals surface area contributed by atoms with E-state index in [4.69, 9.17) is 18.9 Å². The summed E-state index contributed by atoms with van der Waals surface area (Å²) in [5.41, 5.74) is 0. The summed E-state index contributed by atoms with van der Waals surface area (Å²) in [7, 11) is 0. The number of nitrogens with one attached hydrogen (secondary N) is 1. The SMILES string of the molecule is CC/C=C\C/C=C\C/C=C\C/C=C\C/C=C\C/C=C\CCCCC(=O)NC(COC1OC(CO)C(OC2OC(CO)C(O)C(O)C2O)C(O)C1O)C(O)/C=C/CCCCCCCCCCCCCCCCCCCCCC. The molecule has 9 N–H and O–H groups in total. The summed E-state index contributed by atoms with van der Waals surface area (Å²) < 4.78 is 22.8. The minimum Gasteiger partial charge on any atom is -0.394 e. The highest BCUT2D eigenvalue weighted by Gasteiger charge is 2.51. The van der Waals surface area contributed by atoms with E-state index in [0.29, 0.717) is 6.42 Å². The number of rotatable bonds is 47. The van der Waals surface area contributed by atoms with Crippen molar-refractivity contribution < 1.29 is 64.6 Å². The molecule has 2 aliphatic rings. The molecule has 2 rings (SSSR count). The van der Waals surface area contributed by atoms with Crippen LogP contribution in [-0.2, 0) is 23.7 Å². The van der Waals surface area contributed by atoms with Crippen molar-refractivity contribution in [1.82, 2.24) is 5.32 Å². The number of unbranched alkanes of at least 4 members (excludes halogenated alkanes) is 22. The first-order valence-electron chi connectivity index (χ1n) is 30.3. The molecule has 0 aliphatic carbocycles. The monoisotopic (exact) mass is 1090 g/mol. The number of hydrogen-bond acceptors (Lipinski definition) is 13. The average molecular weight is 1090 g/mol. The Labute approximate surface area is 465 Å². The summed E-state index contributed by atoms with van der Waals surface area (Å²) in [5, 5.41) is 87.1. The lowest BCUT2D eigenvalue weighted by molar-refractivity contribution is -0.359. The van der Waals surface area contributed by atoms with Gasteiger partial charge in [0.05, 0.1) is 32.0 Å². The molecule has 2 heterocycles. The number of aliphatic hydroxyl groups is 8. The Morgan fingerprint density at radius 1 is 0.481 bits per heavy atom. The van der Waals surface area contributed by atoms with Crippen LogP contribution in [0.4, 0.5) is 0 Å². The maximum absolute atomic E-state index is 13.2. The molecule has 77 heavy (non-hydrogen) atoms. The normalized spacial score (nSPS) is 25.3. The van der Waals surface area contributed by atoms with Crippen molar-refractivity contribution in [1.29, 1.82) is 0 Å². The fraction of sp³-hybridized carbons (Fsp3) is 0.762. The van der Waals surface area contributed by atoms with E-state index in [1.165, 1.54) is 116 Å². The first-order valence-corrected chi connectivity index (χ1v) is 30.3. The Morgan fingerprint density at radius 2 is 0.896 bits per heavy atom. The second-order valence-corrected chi connectivity index (χ2v) is 21.1. The molecule has 0 aromatic heterocycles. The summed E-state index contributed by atoms with van der Waals surface area (Å²) >= 11 is 0. The van der Waals surface area contributed by atoms with E-state index in [-0.39, 0.29) is 18.9 Å². The number of allylic oxidation sites excluding steroid dienone is 13. The molecule has 0 bridgehead atoms. The van der Waals surface area contributed by atoms with Crippen LogP contribution in [0.1, 0.15) is 213 Å². The molecule has 2 saturated heterocycles. The molecule has 1 amide bonds. The average Bonchev–Trinajstić information content (AvgIpc) is 3.44. The minimum absolute atomic E-state index is 0.222. The zero-order valence-corrected chi connectivity index (χ0v) is 47.7. The Bertz CT molecular complexity index is 1610. The molecule has 2 fully saturated rings. The third-order valence-electron chi connectivity index (χ3n) is 14.3. The van der Waals surface area contributed by atoms with Gasteiger partial charge in [0.25, 0.3) is 0 Å².